The van der Waals surface area contributed by atoms with Crippen LogP contribution in [0.3, 0.4) is 0 Å². The van der Waals surface area contributed by atoms with E-state index in [1.807, 2.05) is 0 Å². The third kappa shape index (κ3) is 3.40. The van der Waals surface area contributed by atoms with Crippen LogP contribution < -0.4 is 10.6 Å². The molecule has 1 aliphatic rings. The molecule has 2 amide bonds. The lowest BCUT2D eigenvalue weighted by atomic mass is 10.2. The van der Waals surface area contributed by atoms with Crippen LogP contribution in [0.25, 0.3) is 0 Å². The zero-order valence-electron chi connectivity index (χ0n) is 9.71. The standard InChI is InChI=1S/C12H14F2N2O2/c13-10-2-1-8(5-11(10)14)6-15-12(17)16-9-3-4-18-7-9/h1-2,5,9H,3-4,6-7H2,(H2,15,16,17). The van der Waals surface area contributed by atoms with Gasteiger partial charge in [-0.3, -0.25) is 0 Å². The SMILES string of the molecule is O=C(NCc1ccc(F)c(F)c1)NC1CCOC1. The molecule has 1 heterocycles. The summed E-state index contributed by atoms with van der Waals surface area (Å²) in [7, 11) is 0. The average Bonchev–Trinajstić information content (AvgIpc) is 2.83. The molecule has 1 fully saturated rings. The summed E-state index contributed by atoms with van der Waals surface area (Å²) in [6.07, 6.45) is 0.790. The highest BCUT2D eigenvalue weighted by Crippen LogP contribution is 2.08. The van der Waals surface area contributed by atoms with E-state index >= 15 is 0 Å². The van der Waals surface area contributed by atoms with E-state index in [1.165, 1.54) is 6.07 Å². The van der Waals surface area contributed by atoms with E-state index in [-0.39, 0.29) is 18.6 Å². The lowest BCUT2D eigenvalue weighted by Gasteiger charge is -2.11. The number of carbonyl (C=O) groups is 1. The molecule has 2 rings (SSSR count). The first kappa shape index (κ1) is 12.8. The van der Waals surface area contributed by atoms with Crippen molar-refractivity contribution in [3.8, 4) is 0 Å². The van der Waals surface area contributed by atoms with E-state index < -0.39 is 11.6 Å². The van der Waals surface area contributed by atoms with Gasteiger partial charge in [0.15, 0.2) is 11.6 Å². The fourth-order valence-electron chi connectivity index (χ4n) is 1.72. The quantitative estimate of drug-likeness (QED) is 0.862. The van der Waals surface area contributed by atoms with Gasteiger partial charge < -0.3 is 15.4 Å². The highest BCUT2D eigenvalue weighted by Gasteiger charge is 2.17. The number of ether oxygens (including phenoxy) is 1. The van der Waals surface area contributed by atoms with E-state index in [0.29, 0.717) is 18.8 Å². The van der Waals surface area contributed by atoms with Gasteiger partial charge in [0.25, 0.3) is 0 Å². The fraction of sp³-hybridized carbons (Fsp3) is 0.417. The van der Waals surface area contributed by atoms with Crippen LogP contribution in [0.15, 0.2) is 18.2 Å². The largest absolute Gasteiger partial charge is 0.379 e. The molecule has 0 spiro atoms. The number of amides is 2. The molecule has 0 bridgehead atoms. The second kappa shape index (κ2) is 5.77. The number of rotatable bonds is 3. The van der Waals surface area contributed by atoms with Crippen LogP contribution in [0.1, 0.15) is 12.0 Å². The summed E-state index contributed by atoms with van der Waals surface area (Å²) in [5.41, 5.74) is 0.506. The predicted molar refractivity (Wildman–Crippen MR) is 61.0 cm³/mol. The van der Waals surface area contributed by atoms with Crippen LogP contribution in [-0.4, -0.2) is 25.3 Å². The molecular formula is C12H14F2N2O2. The number of hydrogen-bond acceptors (Lipinski definition) is 2. The Morgan fingerprint density at radius 1 is 1.39 bits per heavy atom. The monoisotopic (exact) mass is 256 g/mol. The summed E-state index contributed by atoms with van der Waals surface area (Å²) >= 11 is 0. The van der Waals surface area contributed by atoms with Crippen molar-refractivity contribution in [1.29, 1.82) is 0 Å². The first-order valence-electron chi connectivity index (χ1n) is 5.71. The summed E-state index contributed by atoms with van der Waals surface area (Å²) in [5.74, 6) is -1.81. The van der Waals surface area contributed by atoms with E-state index in [9.17, 15) is 13.6 Å². The van der Waals surface area contributed by atoms with Gasteiger partial charge in [-0.25, -0.2) is 13.6 Å². The molecule has 0 radical (unpaired) electrons. The molecule has 0 aromatic heterocycles. The number of carbonyl (C=O) groups excluding carboxylic acids is 1. The van der Waals surface area contributed by atoms with Gasteiger partial charge >= 0.3 is 6.03 Å². The van der Waals surface area contributed by atoms with Gasteiger partial charge in [-0.2, -0.15) is 0 Å². The third-order valence-electron chi connectivity index (χ3n) is 2.70. The Balaban J connectivity index is 1.79. The number of urea groups is 1. The number of nitrogens with one attached hydrogen (secondary N) is 2. The van der Waals surface area contributed by atoms with E-state index in [1.54, 1.807) is 0 Å². The van der Waals surface area contributed by atoms with Crippen LogP contribution in [0.5, 0.6) is 0 Å². The van der Waals surface area contributed by atoms with Crippen molar-refractivity contribution in [3.05, 3.63) is 35.4 Å². The maximum atomic E-state index is 12.9. The van der Waals surface area contributed by atoms with Gasteiger partial charge in [0.05, 0.1) is 12.6 Å². The third-order valence-corrected chi connectivity index (χ3v) is 2.70. The van der Waals surface area contributed by atoms with E-state index in [0.717, 1.165) is 18.6 Å². The summed E-state index contributed by atoms with van der Waals surface area (Å²) in [6, 6.07) is 3.21. The normalized spacial score (nSPS) is 18.7. The number of hydrogen-bond donors (Lipinski definition) is 2. The molecule has 98 valence electrons. The minimum atomic E-state index is -0.918. The first-order chi connectivity index (χ1) is 8.65. The molecule has 1 unspecified atom stereocenters. The van der Waals surface area contributed by atoms with Crippen molar-refractivity contribution in [2.24, 2.45) is 0 Å². The molecule has 0 aliphatic carbocycles. The van der Waals surface area contributed by atoms with Crippen molar-refractivity contribution in [2.75, 3.05) is 13.2 Å². The second-order valence-corrected chi connectivity index (χ2v) is 4.14. The Bertz CT molecular complexity index is 434. The van der Waals surface area contributed by atoms with Gasteiger partial charge in [0.1, 0.15) is 0 Å². The highest BCUT2D eigenvalue weighted by molar-refractivity contribution is 5.74. The maximum Gasteiger partial charge on any atom is 0.315 e. The number of halogens is 2. The molecule has 6 heteroatoms. The first-order valence-corrected chi connectivity index (χ1v) is 5.71. The van der Waals surface area contributed by atoms with Crippen molar-refractivity contribution >= 4 is 6.03 Å². The molecule has 18 heavy (non-hydrogen) atoms. The molecule has 1 saturated heterocycles. The van der Waals surface area contributed by atoms with Crippen molar-refractivity contribution in [2.45, 2.75) is 19.0 Å². The Labute approximate surface area is 103 Å². The molecular weight excluding hydrogens is 242 g/mol. The van der Waals surface area contributed by atoms with E-state index in [2.05, 4.69) is 10.6 Å². The fourth-order valence-corrected chi connectivity index (χ4v) is 1.72. The zero-order chi connectivity index (χ0) is 13.0. The van der Waals surface area contributed by atoms with Crippen LogP contribution in [0, 0.1) is 11.6 Å². The molecule has 1 atom stereocenters. The Morgan fingerprint density at radius 3 is 2.89 bits per heavy atom. The van der Waals surface area contributed by atoms with Gasteiger partial charge in [-0.15, -0.1) is 0 Å². The van der Waals surface area contributed by atoms with Gasteiger partial charge in [-0.05, 0) is 24.1 Å². The predicted octanol–water partition coefficient (Wildman–Crippen LogP) is 1.55. The minimum absolute atomic E-state index is 0.0231. The van der Waals surface area contributed by atoms with Crippen molar-refractivity contribution in [3.63, 3.8) is 0 Å². The summed E-state index contributed by atoms with van der Waals surface area (Å²) in [5, 5.41) is 5.31. The molecule has 4 nitrogen and oxygen atoms in total. The van der Waals surface area contributed by atoms with Crippen molar-refractivity contribution < 1.29 is 18.3 Å². The van der Waals surface area contributed by atoms with E-state index in [4.69, 9.17) is 4.74 Å². The molecule has 1 aromatic rings. The summed E-state index contributed by atoms with van der Waals surface area (Å²) < 4.78 is 30.7. The molecule has 2 N–H and O–H groups in total. The van der Waals surface area contributed by atoms with Crippen LogP contribution >= 0.6 is 0 Å². The minimum Gasteiger partial charge on any atom is -0.379 e. The smallest absolute Gasteiger partial charge is 0.315 e. The van der Waals surface area contributed by atoms with Gasteiger partial charge in [-0.1, -0.05) is 6.07 Å². The summed E-state index contributed by atoms with van der Waals surface area (Å²) in [6.45, 7) is 1.31. The van der Waals surface area contributed by atoms with Crippen LogP contribution in [-0.2, 0) is 11.3 Å². The van der Waals surface area contributed by atoms with Crippen molar-refractivity contribution in [1.82, 2.24) is 10.6 Å². The average molecular weight is 256 g/mol. The lowest BCUT2D eigenvalue weighted by molar-refractivity contribution is 0.188. The number of benzene rings is 1. The molecule has 0 saturated carbocycles. The highest BCUT2D eigenvalue weighted by atomic mass is 19.2. The zero-order valence-corrected chi connectivity index (χ0v) is 9.71. The van der Waals surface area contributed by atoms with Crippen LogP contribution in [0.2, 0.25) is 0 Å². The second-order valence-electron chi connectivity index (χ2n) is 4.14. The Hall–Kier alpha value is -1.69. The topological polar surface area (TPSA) is 50.4 Å². The molecule has 1 aromatic carbocycles. The lowest BCUT2D eigenvalue weighted by Crippen LogP contribution is -2.42. The summed E-state index contributed by atoms with van der Waals surface area (Å²) in [4.78, 5) is 11.5. The Kier molecular flexibility index (Phi) is 4.09. The van der Waals surface area contributed by atoms with Crippen LogP contribution in [0.4, 0.5) is 13.6 Å². The van der Waals surface area contributed by atoms with Gasteiger partial charge in [0, 0.05) is 13.2 Å². The molecule has 1 aliphatic heterocycles. The Morgan fingerprint density at radius 2 is 2.22 bits per heavy atom. The maximum absolute atomic E-state index is 12.9. The van der Waals surface area contributed by atoms with Gasteiger partial charge in [0.2, 0.25) is 0 Å².